The second-order valence-electron chi connectivity index (χ2n) is 2.89. The molecule has 3 nitrogen and oxygen atoms in total. The Morgan fingerprint density at radius 2 is 2.33 bits per heavy atom. The fourth-order valence-corrected chi connectivity index (χ4v) is 2.07. The number of halogens is 1. The van der Waals surface area contributed by atoms with Crippen molar-refractivity contribution in [2.24, 2.45) is 0 Å². The molecule has 0 unspecified atom stereocenters. The van der Waals surface area contributed by atoms with Crippen LogP contribution in [0.4, 0.5) is 0 Å². The highest BCUT2D eigenvalue weighted by Gasteiger charge is 2.04. The molecular formula is C10H9BrN2OS. The second kappa shape index (κ2) is 4.72. The Balaban J connectivity index is 2.14. The third-order valence-electron chi connectivity index (χ3n) is 1.77. The van der Waals surface area contributed by atoms with E-state index in [1.165, 1.54) is 11.5 Å². The molecule has 0 amide bonds. The van der Waals surface area contributed by atoms with Crippen LogP contribution in [0.25, 0.3) is 0 Å². The Labute approximate surface area is 100 Å². The largest absolute Gasteiger partial charge is 0.430 e. The standard InChI is InChI=1S/C10H9BrN2OS/c1-2-9-12-10(15-13-9)14-8-5-3-4-7(11)6-8/h3-6H,2H2,1H3. The number of aromatic nitrogens is 2. The molecule has 0 saturated carbocycles. The summed E-state index contributed by atoms with van der Waals surface area (Å²) in [7, 11) is 0. The molecule has 0 spiro atoms. The summed E-state index contributed by atoms with van der Waals surface area (Å²) in [5.41, 5.74) is 0. The van der Waals surface area contributed by atoms with Gasteiger partial charge in [0.25, 0.3) is 5.19 Å². The van der Waals surface area contributed by atoms with Crippen molar-refractivity contribution in [2.45, 2.75) is 13.3 Å². The molecule has 1 aromatic heterocycles. The highest BCUT2D eigenvalue weighted by atomic mass is 79.9. The zero-order valence-electron chi connectivity index (χ0n) is 8.11. The van der Waals surface area contributed by atoms with Gasteiger partial charge in [-0.2, -0.15) is 9.36 Å². The summed E-state index contributed by atoms with van der Waals surface area (Å²) in [6.07, 6.45) is 0.832. The molecule has 0 radical (unpaired) electrons. The minimum Gasteiger partial charge on any atom is -0.430 e. The Morgan fingerprint density at radius 1 is 1.47 bits per heavy atom. The van der Waals surface area contributed by atoms with Crippen LogP contribution < -0.4 is 4.74 Å². The molecule has 0 atom stereocenters. The van der Waals surface area contributed by atoms with Gasteiger partial charge in [0, 0.05) is 22.4 Å². The van der Waals surface area contributed by atoms with E-state index in [0.717, 1.165) is 22.5 Å². The van der Waals surface area contributed by atoms with Crippen molar-refractivity contribution in [1.82, 2.24) is 9.36 Å². The Hall–Kier alpha value is -0.940. The van der Waals surface area contributed by atoms with Gasteiger partial charge in [-0.3, -0.25) is 0 Å². The van der Waals surface area contributed by atoms with Crippen molar-refractivity contribution in [2.75, 3.05) is 0 Å². The van der Waals surface area contributed by atoms with Crippen LogP contribution in [0.2, 0.25) is 0 Å². The summed E-state index contributed by atoms with van der Waals surface area (Å²) in [6, 6.07) is 7.65. The van der Waals surface area contributed by atoms with E-state index in [4.69, 9.17) is 4.74 Å². The van der Waals surface area contributed by atoms with Crippen molar-refractivity contribution >= 4 is 27.5 Å². The van der Waals surface area contributed by atoms with E-state index in [1.54, 1.807) is 0 Å². The monoisotopic (exact) mass is 284 g/mol. The number of rotatable bonds is 3. The van der Waals surface area contributed by atoms with Gasteiger partial charge in [-0.15, -0.1) is 0 Å². The molecule has 0 N–H and O–H groups in total. The van der Waals surface area contributed by atoms with Gasteiger partial charge in [-0.25, -0.2) is 0 Å². The van der Waals surface area contributed by atoms with E-state index in [2.05, 4.69) is 25.3 Å². The lowest BCUT2D eigenvalue weighted by Gasteiger charge is -2.00. The first-order chi connectivity index (χ1) is 7.28. The highest BCUT2D eigenvalue weighted by molar-refractivity contribution is 9.10. The zero-order chi connectivity index (χ0) is 10.7. The second-order valence-corrected chi connectivity index (χ2v) is 4.52. The molecule has 2 rings (SSSR count). The number of ether oxygens (including phenoxy) is 1. The number of benzene rings is 1. The van der Waals surface area contributed by atoms with Crippen molar-refractivity contribution in [3.8, 4) is 10.9 Å². The predicted molar refractivity (Wildman–Crippen MR) is 63.5 cm³/mol. The van der Waals surface area contributed by atoms with Crippen LogP contribution in [-0.2, 0) is 6.42 Å². The summed E-state index contributed by atoms with van der Waals surface area (Å²) in [5.74, 6) is 1.59. The Kier molecular flexibility index (Phi) is 3.33. The summed E-state index contributed by atoms with van der Waals surface area (Å²) >= 11 is 4.66. The topological polar surface area (TPSA) is 35.0 Å². The molecule has 1 aromatic carbocycles. The zero-order valence-corrected chi connectivity index (χ0v) is 10.5. The lowest BCUT2D eigenvalue weighted by Crippen LogP contribution is -1.85. The maximum atomic E-state index is 5.56. The van der Waals surface area contributed by atoms with Gasteiger partial charge < -0.3 is 4.74 Å². The van der Waals surface area contributed by atoms with Gasteiger partial charge in [0.1, 0.15) is 11.6 Å². The van der Waals surface area contributed by atoms with Crippen molar-refractivity contribution in [3.63, 3.8) is 0 Å². The average molecular weight is 285 g/mol. The minimum atomic E-state index is 0.588. The minimum absolute atomic E-state index is 0.588. The van der Waals surface area contributed by atoms with Crippen molar-refractivity contribution in [3.05, 3.63) is 34.6 Å². The average Bonchev–Trinajstić information content (AvgIpc) is 2.65. The molecule has 0 fully saturated rings. The summed E-state index contributed by atoms with van der Waals surface area (Å²) in [4.78, 5) is 4.22. The van der Waals surface area contributed by atoms with Crippen LogP contribution >= 0.6 is 27.5 Å². The molecule has 0 aliphatic carbocycles. The van der Waals surface area contributed by atoms with Gasteiger partial charge in [0.15, 0.2) is 0 Å². The Bertz CT molecular complexity index is 458. The molecule has 78 valence electrons. The van der Waals surface area contributed by atoms with Crippen molar-refractivity contribution in [1.29, 1.82) is 0 Å². The van der Waals surface area contributed by atoms with E-state index in [0.29, 0.717) is 5.19 Å². The quantitative estimate of drug-likeness (QED) is 0.863. The van der Waals surface area contributed by atoms with E-state index in [1.807, 2.05) is 31.2 Å². The molecule has 0 aliphatic heterocycles. The number of aryl methyl sites for hydroxylation is 1. The van der Waals surface area contributed by atoms with Gasteiger partial charge in [0.05, 0.1) is 0 Å². The molecular weight excluding hydrogens is 276 g/mol. The van der Waals surface area contributed by atoms with Crippen LogP contribution in [0.3, 0.4) is 0 Å². The summed E-state index contributed by atoms with van der Waals surface area (Å²) < 4.78 is 10.7. The Morgan fingerprint density at radius 3 is 3.00 bits per heavy atom. The van der Waals surface area contributed by atoms with Gasteiger partial charge in [0.2, 0.25) is 0 Å². The van der Waals surface area contributed by atoms with E-state index in [9.17, 15) is 0 Å². The smallest absolute Gasteiger partial charge is 0.298 e. The molecule has 0 bridgehead atoms. The lowest BCUT2D eigenvalue weighted by atomic mass is 10.3. The third-order valence-corrected chi connectivity index (χ3v) is 2.89. The first-order valence-electron chi connectivity index (χ1n) is 4.54. The highest BCUT2D eigenvalue weighted by Crippen LogP contribution is 2.25. The van der Waals surface area contributed by atoms with Crippen molar-refractivity contribution < 1.29 is 4.74 Å². The molecule has 0 saturated heterocycles. The molecule has 15 heavy (non-hydrogen) atoms. The lowest BCUT2D eigenvalue weighted by molar-refractivity contribution is 0.477. The van der Waals surface area contributed by atoms with Gasteiger partial charge in [-0.05, 0) is 18.2 Å². The normalized spacial score (nSPS) is 10.3. The summed E-state index contributed by atoms with van der Waals surface area (Å²) in [5, 5.41) is 0.588. The predicted octanol–water partition coefficient (Wildman–Crippen LogP) is 3.66. The first kappa shape index (κ1) is 10.6. The van der Waals surface area contributed by atoms with Crippen LogP contribution in [0.15, 0.2) is 28.7 Å². The third kappa shape index (κ3) is 2.76. The van der Waals surface area contributed by atoms with Gasteiger partial charge in [-0.1, -0.05) is 28.9 Å². The van der Waals surface area contributed by atoms with Crippen LogP contribution in [-0.4, -0.2) is 9.36 Å². The fourth-order valence-electron chi connectivity index (χ4n) is 1.05. The molecule has 2 aromatic rings. The van der Waals surface area contributed by atoms with E-state index in [-0.39, 0.29) is 0 Å². The molecule has 1 heterocycles. The SMILES string of the molecule is CCc1nsc(Oc2cccc(Br)c2)n1. The maximum absolute atomic E-state index is 5.56. The number of hydrogen-bond acceptors (Lipinski definition) is 4. The van der Waals surface area contributed by atoms with Crippen LogP contribution in [0.1, 0.15) is 12.7 Å². The number of hydrogen-bond donors (Lipinski definition) is 0. The molecule has 0 aliphatic rings. The molecule has 5 heteroatoms. The maximum Gasteiger partial charge on any atom is 0.298 e. The van der Waals surface area contributed by atoms with E-state index >= 15 is 0 Å². The van der Waals surface area contributed by atoms with Crippen LogP contribution in [0.5, 0.6) is 10.9 Å². The fraction of sp³-hybridized carbons (Fsp3) is 0.200. The first-order valence-corrected chi connectivity index (χ1v) is 6.10. The van der Waals surface area contributed by atoms with E-state index < -0.39 is 0 Å². The van der Waals surface area contributed by atoms with Crippen LogP contribution in [0, 0.1) is 0 Å². The summed E-state index contributed by atoms with van der Waals surface area (Å²) in [6.45, 7) is 2.02. The number of nitrogens with zero attached hydrogens (tertiary/aromatic N) is 2. The van der Waals surface area contributed by atoms with Gasteiger partial charge >= 0.3 is 0 Å².